The third kappa shape index (κ3) is 1.97. The molecular formula is C13H23NO2. The van der Waals surface area contributed by atoms with E-state index in [4.69, 9.17) is 4.74 Å². The Kier molecular flexibility index (Phi) is 3.24. The lowest BCUT2D eigenvalue weighted by Crippen LogP contribution is -2.61. The molecule has 0 aliphatic heterocycles. The zero-order valence-electron chi connectivity index (χ0n) is 10.6. The molecule has 0 aromatic carbocycles. The van der Waals surface area contributed by atoms with Crippen molar-refractivity contribution < 1.29 is 9.53 Å². The fraction of sp³-hybridized carbons (Fsp3) is 0.923. The van der Waals surface area contributed by atoms with Crippen molar-refractivity contribution in [2.24, 2.45) is 11.8 Å². The Morgan fingerprint density at radius 3 is 2.56 bits per heavy atom. The van der Waals surface area contributed by atoms with Gasteiger partial charge in [0.2, 0.25) is 0 Å². The summed E-state index contributed by atoms with van der Waals surface area (Å²) in [6.07, 6.45) is 5.70. The van der Waals surface area contributed by atoms with E-state index in [9.17, 15) is 4.79 Å². The third-order valence-corrected chi connectivity index (χ3v) is 4.45. The van der Waals surface area contributed by atoms with Crippen molar-refractivity contribution in [2.45, 2.75) is 57.5 Å². The maximum atomic E-state index is 12.1. The second-order valence-electron chi connectivity index (χ2n) is 5.54. The number of esters is 1. The molecule has 0 aromatic rings. The lowest BCUT2D eigenvalue weighted by Gasteiger charge is -2.44. The molecule has 3 unspecified atom stereocenters. The van der Waals surface area contributed by atoms with E-state index < -0.39 is 5.54 Å². The van der Waals surface area contributed by atoms with Crippen molar-refractivity contribution in [3.8, 4) is 0 Å². The van der Waals surface area contributed by atoms with Gasteiger partial charge in [-0.2, -0.15) is 0 Å². The van der Waals surface area contributed by atoms with Crippen LogP contribution in [-0.2, 0) is 9.53 Å². The molecule has 0 saturated heterocycles. The topological polar surface area (TPSA) is 38.3 Å². The molecule has 92 valence electrons. The Morgan fingerprint density at radius 1 is 1.31 bits per heavy atom. The number of nitrogens with one attached hydrogen (secondary N) is 1. The molecule has 0 heterocycles. The fourth-order valence-corrected chi connectivity index (χ4v) is 2.99. The predicted molar refractivity (Wildman–Crippen MR) is 63.1 cm³/mol. The van der Waals surface area contributed by atoms with Crippen LogP contribution in [-0.4, -0.2) is 24.7 Å². The third-order valence-electron chi connectivity index (χ3n) is 4.45. The van der Waals surface area contributed by atoms with Crippen LogP contribution in [0, 0.1) is 11.8 Å². The SMILES string of the molecule is COC(=O)C1(NC2CC2)CCCC(C)C1C. The van der Waals surface area contributed by atoms with Crippen molar-refractivity contribution in [1.82, 2.24) is 5.32 Å². The summed E-state index contributed by atoms with van der Waals surface area (Å²) in [6, 6.07) is 0.548. The van der Waals surface area contributed by atoms with Crippen molar-refractivity contribution in [1.29, 1.82) is 0 Å². The molecule has 0 spiro atoms. The quantitative estimate of drug-likeness (QED) is 0.748. The minimum atomic E-state index is -0.409. The van der Waals surface area contributed by atoms with E-state index in [1.807, 2.05) is 0 Å². The molecule has 2 saturated carbocycles. The van der Waals surface area contributed by atoms with Gasteiger partial charge in [-0.05, 0) is 31.1 Å². The van der Waals surface area contributed by atoms with Gasteiger partial charge in [0.15, 0.2) is 0 Å². The summed E-state index contributed by atoms with van der Waals surface area (Å²) in [5, 5.41) is 3.56. The number of carbonyl (C=O) groups excluding carboxylic acids is 1. The zero-order chi connectivity index (χ0) is 11.8. The molecule has 1 N–H and O–H groups in total. The molecular weight excluding hydrogens is 202 g/mol. The molecule has 0 radical (unpaired) electrons. The van der Waals surface area contributed by atoms with Gasteiger partial charge in [-0.3, -0.25) is 10.1 Å². The molecule has 3 heteroatoms. The average molecular weight is 225 g/mol. The molecule has 0 bridgehead atoms. The number of hydrogen-bond donors (Lipinski definition) is 1. The van der Waals surface area contributed by atoms with Crippen LogP contribution in [0.5, 0.6) is 0 Å². The van der Waals surface area contributed by atoms with E-state index in [1.165, 1.54) is 26.4 Å². The molecule has 0 aromatic heterocycles. The van der Waals surface area contributed by atoms with E-state index in [0.29, 0.717) is 17.9 Å². The highest BCUT2D eigenvalue weighted by Crippen LogP contribution is 2.40. The maximum Gasteiger partial charge on any atom is 0.326 e. The highest BCUT2D eigenvalue weighted by atomic mass is 16.5. The fourth-order valence-electron chi connectivity index (χ4n) is 2.99. The second kappa shape index (κ2) is 4.36. The van der Waals surface area contributed by atoms with Crippen LogP contribution < -0.4 is 5.32 Å². The normalized spacial score (nSPS) is 39.4. The van der Waals surface area contributed by atoms with Crippen LogP contribution in [0.2, 0.25) is 0 Å². The predicted octanol–water partition coefficient (Wildman–Crippen LogP) is 2.11. The minimum absolute atomic E-state index is 0.0570. The van der Waals surface area contributed by atoms with E-state index in [2.05, 4.69) is 19.2 Å². The van der Waals surface area contributed by atoms with E-state index in [1.54, 1.807) is 0 Å². The van der Waals surface area contributed by atoms with Crippen LogP contribution in [0.3, 0.4) is 0 Å². The first kappa shape index (κ1) is 11.9. The Morgan fingerprint density at radius 2 is 2.00 bits per heavy atom. The van der Waals surface area contributed by atoms with Crippen molar-refractivity contribution in [3.05, 3.63) is 0 Å². The lowest BCUT2D eigenvalue weighted by molar-refractivity contribution is -0.154. The first-order valence-corrected chi connectivity index (χ1v) is 6.46. The highest BCUT2D eigenvalue weighted by molar-refractivity contribution is 5.81. The number of methoxy groups -OCH3 is 1. The van der Waals surface area contributed by atoms with Crippen LogP contribution >= 0.6 is 0 Å². The number of rotatable bonds is 3. The molecule has 16 heavy (non-hydrogen) atoms. The second-order valence-corrected chi connectivity index (χ2v) is 5.54. The standard InChI is InChI=1S/C13H23NO2/c1-9-5-4-8-13(10(9)2,12(15)16-3)14-11-6-7-11/h9-11,14H,4-8H2,1-3H3. The monoisotopic (exact) mass is 225 g/mol. The molecule has 2 aliphatic carbocycles. The molecule has 2 rings (SSSR count). The van der Waals surface area contributed by atoms with Crippen LogP contribution in [0.1, 0.15) is 46.0 Å². The van der Waals surface area contributed by atoms with E-state index in [-0.39, 0.29) is 5.97 Å². The van der Waals surface area contributed by atoms with Gasteiger partial charge < -0.3 is 4.74 Å². The van der Waals surface area contributed by atoms with Gasteiger partial charge in [0, 0.05) is 6.04 Å². The summed E-state index contributed by atoms with van der Waals surface area (Å²) < 4.78 is 5.04. The summed E-state index contributed by atoms with van der Waals surface area (Å²) in [6.45, 7) is 4.44. The lowest BCUT2D eigenvalue weighted by atomic mass is 9.68. The number of hydrogen-bond acceptors (Lipinski definition) is 3. The molecule has 3 nitrogen and oxygen atoms in total. The smallest absolute Gasteiger partial charge is 0.326 e. The Bertz CT molecular complexity index is 275. The Labute approximate surface area is 97.9 Å². The summed E-state index contributed by atoms with van der Waals surface area (Å²) in [5.74, 6) is 0.909. The molecule has 0 amide bonds. The summed E-state index contributed by atoms with van der Waals surface area (Å²) >= 11 is 0. The molecule has 2 aliphatic rings. The minimum Gasteiger partial charge on any atom is -0.468 e. The van der Waals surface area contributed by atoms with Crippen LogP contribution in [0.25, 0.3) is 0 Å². The van der Waals surface area contributed by atoms with Crippen molar-refractivity contribution in [3.63, 3.8) is 0 Å². The first-order valence-electron chi connectivity index (χ1n) is 6.46. The van der Waals surface area contributed by atoms with Gasteiger partial charge in [0.1, 0.15) is 5.54 Å². The van der Waals surface area contributed by atoms with Gasteiger partial charge >= 0.3 is 5.97 Å². The summed E-state index contributed by atoms with van der Waals surface area (Å²) in [7, 11) is 1.50. The summed E-state index contributed by atoms with van der Waals surface area (Å²) in [4.78, 5) is 12.1. The molecule has 2 fully saturated rings. The zero-order valence-corrected chi connectivity index (χ0v) is 10.6. The average Bonchev–Trinajstić information content (AvgIpc) is 3.07. The summed E-state index contributed by atoms with van der Waals surface area (Å²) in [5.41, 5.74) is -0.409. The van der Waals surface area contributed by atoms with Gasteiger partial charge in [-0.25, -0.2) is 0 Å². The van der Waals surface area contributed by atoms with Gasteiger partial charge in [-0.1, -0.05) is 26.7 Å². The van der Waals surface area contributed by atoms with Gasteiger partial charge in [0.05, 0.1) is 7.11 Å². The van der Waals surface area contributed by atoms with Crippen LogP contribution in [0.4, 0.5) is 0 Å². The highest BCUT2D eigenvalue weighted by Gasteiger charge is 2.50. The Balaban J connectivity index is 2.19. The van der Waals surface area contributed by atoms with E-state index >= 15 is 0 Å². The maximum absolute atomic E-state index is 12.1. The number of carbonyl (C=O) groups is 1. The van der Waals surface area contributed by atoms with Gasteiger partial charge in [-0.15, -0.1) is 0 Å². The molecule has 3 atom stereocenters. The van der Waals surface area contributed by atoms with E-state index in [0.717, 1.165) is 12.8 Å². The largest absolute Gasteiger partial charge is 0.468 e. The van der Waals surface area contributed by atoms with Crippen molar-refractivity contribution in [2.75, 3.05) is 7.11 Å². The van der Waals surface area contributed by atoms with Crippen LogP contribution in [0.15, 0.2) is 0 Å². The van der Waals surface area contributed by atoms with Crippen molar-refractivity contribution >= 4 is 5.97 Å². The number of ether oxygens (including phenoxy) is 1. The first-order chi connectivity index (χ1) is 7.60. The Hall–Kier alpha value is -0.570. The van der Waals surface area contributed by atoms with Gasteiger partial charge in [0.25, 0.3) is 0 Å².